The van der Waals surface area contributed by atoms with Gasteiger partial charge in [0.15, 0.2) is 5.43 Å². The molecule has 7 aromatic carbocycles. The first-order valence-corrected chi connectivity index (χ1v) is 17.6. The molecular weight excluding hydrogens is 615 g/mol. The van der Waals surface area contributed by atoms with Gasteiger partial charge in [-0.2, -0.15) is 0 Å². The van der Waals surface area contributed by atoms with Crippen molar-refractivity contribution in [1.82, 2.24) is 0 Å². The molecule has 0 fully saturated rings. The van der Waals surface area contributed by atoms with Crippen LogP contribution in [0.1, 0.15) is 33.4 Å². The molecule has 10 rings (SSSR count). The predicted octanol–water partition coefficient (Wildman–Crippen LogP) is 11.8. The lowest BCUT2D eigenvalue weighted by atomic mass is 9.70. The van der Waals surface area contributed by atoms with Gasteiger partial charge in [-0.1, -0.05) is 102 Å². The summed E-state index contributed by atoms with van der Waals surface area (Å²) in [5, 5.41) is 1.58. The number of rotatable bonds is 3. The van der Waals surface area contributed by atoms with Crippen LogP contribution in [-0.2, 0) is 5.41 Å². The number of hydrogen-bond donors (Lipinski definition) is 0. The van der Waals surface area contributed by atoms with Crippen molar-refractivity contribution in [3.63, 3.8) is 0 Å². The standard InChI is InChI=1S/C46H31NOS/c1-28-15-19-30(20-16-28)47(31-21-17-29(2)18-22-31)32-23-24-35-33-9-3-6-12-39(33)46(41(35)25-32)40-13-7-4-10-34(40)37-26-38-44(27-42(37)46)49-43-14-8-5-11-36(43)45(38)48/h3-27H,1-2H3. The van der Waals surface area contributed by atoms with E-state index >= 15 is 0 Å². The molecule has 2 aliphatic rings. The van der Waals surface area contributed by atoms with Gasteiger partial charge >= 0.3 is 0 Å². The van der Waals surface area contributed by atoms with Crippen LogP contribution in [0.2, 0.25) is 0 Å². The molecule has 1 aromatic heterocycles. The maximum atomic E-state index is 13.9. The fourth-order valence-corrected chi connectivity index (χ4v) is 9.49. The van der Waals surface area contributed by atoms with Crippen molar-refractivity contribution in [2.24, 2.45) is 0 Å². The summed E-state index contributed by atoms with van der Waals surface area (Å²) in [4.78, 5) is 16.3. The van der Waals surface area contributed by atoms with E-state index in [1.165, 1.54) is 50.1 Å². The van der Waals surface area contributed by atoms with Crippen LogP contribution in [0, 0.1) is 13.8 Å². The van der Waals surface area contributed by atoms with Crippen molar-refractivity contribution in [2.75, 3.05) is 4.90 Å². The Morgan fingerprint density at radius 1 is 0.449 bits per heavy atom. The van der Waals surface area contributed by atoms with Crippen molar-refractivity contribution in [1.29, 1.82) is 0 Å². The molecule has 2 nitrogen and oxygen atoms in total. The number of hydrogen-bond acceptors (Lipinski definition) is 3. The van der Waals surface area contributed by atoms with Crippen molar-refractivity contribution >= 4 is 48.6 Å². The van der Waals surface area contributed by atoms with Crippen LogP contribution < -0.4 is 10.3 Å². The normalized spacial score (nSPS) is 15.3. The van der Waals surface area contributed by atoms with Gasteiger partial charge in [-0.25, -0.2) is 0 Å². The molecule has 1 heterocycles. The van der Waals surface area contributed by atoms with E-state index < -0.39 is 5.41 Å². The van der Waals surface area contributed by atoms with Crippen molar-refractivity contribution in [2.45, 2.75) is 19.3 Å². The zero-order valence-corrected chi connectivity index (χ0v) is 28.0. The molecule has 0 saturated carbocycles. The second-order valence-electron chi connectivity index (χ2n) is 13.4. The zero-order valence-electron chi connectivity index (χ0n) is 27.2. The van der Waals surface area contributed by atoms with E-state index in [9.17, 15) is 4.79 Å². The molecule has 0 saturated heterocycles. The summed E-state index contributed by atoms with van der Waals surface area (Å²) in [6.07, 6.45) is 0. The van der Waals surface area contributed by atoms with Gasteiger partial charge in [0.2, 0.25) is 0 Å². The Labute approximate surface area is 289 Å². The number of aryl methyl sites for hydroxylation is 2. The van der Waals surface area contributed by atoms with Crippen LogP contribution in [0.4, 0.5) is 17.1 Å². The number of anilines is 3. The van der Waals surface area contributed by atoms with Crippen molar-refractivity contribution in [3.05, 3.63) is 195 Å². The Kier molecular flexibility index (Phi) is 5.98. The van der Waals surface area contributed by atoms with Crippen LogP contribution in [0.5, 0.6) is 0 Å². The van der Waals surface area contributed by atoms with Gasteiger partial charge in [-0.05, 0) is 119 Å². The lowest BCUT2D eigenvalue weighted by Gasteiger charge is -2.32. The number of benzene rings is 7. The van der Waals surface area contributed by atoms with Gasteiger partial charge in [-0.15, -0.1) is 11.3 Å². The summed E-state index contributed by atoms with van der Waals surface area (Å²) in [6.45, 7) is 4.27. The highest BCUT2D eigenvalue weighted by Crippen LogP contribution is 2.63. The molecule has 0 N–H and O–H groups in total. The van der Waals surface area contributed by atoms with E-state index in [2.05, 4.69) is 152 Å². The summed E-state index contributed by atoms with van der Waals surface area (Å²) in [7, 11) is 0. The van der Waals surface area contributed by atoms with Crippen LogP contribution in [-0.4, -0.2) is 0 Å². The molecule has 3 heteroatoms. The quantitative estimate of drug-likeness (QED) is 0.178. The first kappa shape index (κ1) is 28.3. The third-order valence-corrected chi connectivity index (χ3v) is 11.7. The Hall–Kier alpha value is -5.77. The van der Waals surface area contributed by atoms with E-state index in [0.29, 0.717) is 0 Å². The molecular formula is C46H31NOS. The van der Waals surface area contributed by atoms with Crippen molar-refractivity contribution in [3.8, 4) is 22.3 Å². The lowest BCUT2D eigenvalue weighted by Crippen LogP contribution is -2.26. The minimum atomic E-state index is -0.532. The van der Waals surface area contributed by atoms with E-state index in [0.717, 1.165) is 42.8 Å². The molecule has 8 aromatic rings. The highest BCUT2D eigenvalue weighted by molar-refractivity contribution is 7.24. The molecule has 1 unspecified atom stereocenters. The highest BCUT2D eigenvalue weighted by atomic mass is 32.1. The molecule has 0 aliphatic heterocycles. The smallest absolute Gasteiger partial charge is 0.195 e. The summed E-state index contributed by atoms with van der Waals surface area (Å²) in [6, 6.07) is 54.9. The van der Waals surface area contributed by atoms with Gasteiger partial charge in [0.1, 0.15) is 0 Å². The van der Waals surface area contributed by atoms with Gasteiger partial charge in [-0.3, -0.25) is 4.79 Å². The Balaban J connectivity index is 1.30. The van der Waals surface area contributed by atoms with Gasteiger partial charge in [0, 0.05) is 37.2 Å². The van der Waals surface area contributed by atoms with E-state index in [4.69, 9.17) is 0 Å². The van der Waals surface area contributed by atoms with Crippen LogP contribution in [0.15, 0.2) is 156 Å². The van der Waals surface area contributed by atoms with Crippen LogP contribution in [0.25, 0.3) is 42.4 Å². The third kappa shape index (κ3) is 3.91. The minimum Gasteiger partial charge on any atom is -0.310 e. The summed E-state index contributed by atoms with van der Waals surface area (Å²) in [5.41, 5.74) is 15.3. The lowest BCUT2D eigenvalue weighted by molar-refractivity contribution is 0.795. The molecule has 2 aliphatic carbocycles. The molecule has 0 radical (unpaired) electrons. The zero-order chi connectivity index (χ0) is 32.9. The largest absolute Gasteiger partial charge is 0.310 e. The number of nitrogens with zero attached hydrogens (tertiary/aromatic N) is 1. The van der Waals surface area contributed by atoms with Gasteiger partial charge in [0.25, 0.3) is 0 Å². The SMILES string of the molecule is Cc1ccc(N(c2ccc(C)cc2)c2ccc3c(c2)C2(c4ccccc4-3)c3ccccc3-c3cc4c(=O)c5ccccc5sc4cc32)cc1. The van der Waals surface area contributed by atoms with Gasteiger partial charge in [0.05, 0.1) is 5.41 Å². The minimum absolute atomic E-state index is 0.104. The molecule has 232 valence electrons. The second-order valence-corrected chi connectivity index (χ2v) is 14.5. The Bertz CT molecular complexity index is 2660. The predicted molar refractivity (Wildman–Crippen MR) is 206 cm³/mol. The Morgan fingerprint density at radius 3 is 1.65 bits per heavy atom. The average molecular weight is 646 g/mol. The van der Waals surface area contributed by atoms with E-state index in [1.807, 2.05) is 18.2 Å². The first-order chi connectivity index (χ1) is 24.0. The average Bonchev–Trinajstić information content (AvgIpc) is 3.59. The number of fused-ring (bicyclic) bond motifs is 12. The molecule has 1 atom stereocenters. The highest BCUT2D eigenvalue weighted by Gasteiger charge is 2.52. The van der Waals surface area contributed by atoms with E-state index in [-0.39, 0.29) is 5.43 Å². The van der Waals surface area contributed by atoms with Crippen LogP contribution in [0.3, 0.4) is 0 Å². The maximum absolute atomic E-state index is 13.9. The first-order valence-electron chi connectivity index (χ1n) is 16.8. The van der Waals surface area contributed by atoms with E-state index in [1.54, 1.807) is 11.3 Å². The fraction of sp³-hybridized carbons (Fsp3) is 0.0652. The molecule has 0 bridgehead atoms. The summed E-state index contributed by atoms with van der Waals surface area (Å²) >= 11 is 1.71. The van der Waals surface area contributed by atoms with Crippen molar-refractivity contribution < 1.29 is 0 Å². The van der Waals surface area contributed by atoms with Gasteiger partial charge < -0.3 is 4.90 Å². The van der Waals surface area contributed by atoms with Crippen LogP contribution >= 0.6 is 11.3 Å². The monoisotopic (exact) mass is 645 g/mol. The third-order valence-electron chi connectivity index (χ3n) is 10.6. The molecule has 0 amide bonds. The molecule has 1 spiro atoms. The maximum Gasteiger partial charge on any atom is 0.195 e. The fourth-order valence-electron chi connectivity index (χ4n) is 8.39. The summed E-state index contributed by atoms with van der Waals surface area (Å²) in [5.74, 6) is 0. The summed E-state index contributed by atoms with van der Waals surface area (Å²) < 4.78 is 2.04. The second kappa shape index (κ2) is 10.4. The molecule has 49 heavy (non-hydrogen) atoms. The topological polar surface area (TPSA) is 20.3 Å². The Morgan fingerprint density at radius 2 is 0.980 bits per heavy atom.